The average molecular weight is 183 g/mol. The van der Waals surface area contributed by atoms with E-state index in [4.69, 9.17) is 0 Å². The summed E-state index contributed by atoms with van der Waals surface area (Å²) in [4.78, 5) is 2.45. The van der Waals surface area contributed by atoms with Crippen LogP contribution in [0.4, 0.5) is 0 Å². The van der Waals surface area contributed by atoms with Crippen LogP contribution < -0.4 is 0 Å². The first kappa shape index (κ1) is 11.0. The van der Waals surface area contributed by atoms with Crippen LogP contribution in [0.2, 0.25) is 0 Å². The van der Waals surface area contributed by atoms with Gasteiger partial charge in [0.25, 0.3) is 0 Å². The van der Waals surface area contributed by atoms with Crippen molar-refractivity contribution in [3.05, 3.63) is 0 Å². The van der Waals surface area contributed by atoms with Crippen LogP contribution in [-0.4, -0.2) is 25.0 Å². The van der Waals surface area contributed by atoms with E-state index in [0.717, 1.165) is 17.8 Å². The van der Waals surface area contributed by atoms with E-state index in [1.165, 1.54) is 32.4 Å². The highest BCUT2D eigenvalue weighted by atomic mass is 15.1. The highest BCUT2D eigenvalue weighted by molar-refractivity contribution is 4.72. The van der Waals surface area contributed by atoms with Gasteiger partial charge in [0, 0.05) is 0 Å². The van der Waals surface area contributed by atoms with Gasteiger partial charge in [-0.25, -0.2) is 0 Å². The van der Waals surface area contributed by atoms with Crippen molar-refractivity contribution in [1.82, 2.24) is 4.90 Å². The number of likely N-dealkylation sites (tertiary alicyclic amines) is 1. The van der Waals surface area contributed by atoms with Crippen LogP contribution in [0.15, 0.2) is 0 Å². The molecule has 1 heterocycles. The van der Waals surface area contributed by atoms with Gasteiger partial charge in [-0.2, -0.15) is 0 Å². The van der Waals surface area contributed by atoms with Crippen LogP contribution in [0.25, 0.3) is 0 Å². The summed E-state index contributed by atoms with van der Waals surface area (Å²) >= 11 is 0. The van der Waals surface area contributed by atoms with Crippen LogP contribution >= 0.6 is 0 Å². The molecule has 1 rings (SSSR count). The Bertz CT molecular complexity index is 134. The number of nitrogens with zero attached hydrogens (tertiary/aromatic N) is 1. The first-order chi connectivity index (χ1) is 6.09. The maximum Gasteiger partial charge on any atom is -0.00191 e. The molecular formula is C12H25N. The summed E-state index contributed by atoms with van der Waals surface area (Å²) in [6, 6.07) is 0. The molecule has 1 unspecified atom stereocenters. The fraction of sp³-hybridized carbons (Fsp3) is 1.00. The maximum atomic E-state index is 2.45. The van der Waals surface area contributed by atoms with E-state index >= 15 is 0 Å². The van der Waals surface area contributed by atoms with Gasteiger partial charge in [-0.3, -0.25) is 0 Å². The second kappa shape index (κ2) is 4.99. The Morgan fingerprint density at radius 3 is 2.15 bits per heavy atom. The first-order valence-corrected chi connectivity index (χ1v) is 5.78. The van der Waals surface area contributed by atoms with Crippen molar-refractivity contribution >= 4 is 0 Å². The third-order valence-electron chi connectivity index (χ3n) is 3.68. The van der Waals surface area contributed by atoms with E-state index in [9.17, 15) is 0 Å². The minimum absolute atomic E-state index is 0.861. The summed E-state index contributed by atoms with van der Waals surface area (Å²) in [5, 5.41) is 0. The molecule has 0 aromatic heterocycles. The van der Waals surface area contributed by atoms with Crippen molar-refractivity contribution in [2.45, 2.75) is 40.0 Å². The lowest BCUT2D eigenvalue weighted by Gasteiger charge is -2.31. The van der Waals surface area contributed by atoms with Crippen molar-refractivity contribution in [2.24, 2.45) is 17.8 Å². The van der Waals surface area contributed by atoms with E-state index in [1.54, 1.807) is 0 Å². The molecule has 1 atom stereocenters. The van der Waals surface area contributed by atoms with Gasteiger partial charge in [-0.15, -0.1) is 0 Å². The zero-order valence-electron chi connectivity index (χ0n) is 9.71. The van der Waals surface area contributed by atoms with Crippen LogP contribution in [-0.2, 0) is 0 Å². The van der Waals surface area contributed by atoms with E-state index < -0.39 is 0 Å². The zero-order valence-corrected chi connectivity index (χ0v) is 9.71. The number of hydrogen-bond acceptors (Lipinski definition) is 1. The Hall–Kier alpha value is -0.0400. The highest BCUT2D eigenvalue weighted by Crippen LogP contribution is 2.26. The summed E-state index contributed by atoms with van der Waals surface area (Å²) in [5.74, 6) is 2.78. The predicted octanol–water partition coefficient (Wildman–Crippen LogP) is 3.01. The minimum atomic E-state index is 0.861. The quantitative estimate of drug-likeness (QED) is 0.650. The van der Waals surface area contributed by atoms with Gasteiger partial charge in [-0.1, -0.05) is 20.8 Å². The van der Waals surface area contributed by atoms with Gasteiger partial charge in [0.15, 0.2) is 0 Å². The van der Waals surface area contributed by atoms with Crippen molar-refractivity contribution < 1.29 is 0 Å². The number of rotatable bonds is 3. The maximum absolute atomic E-state index is 2.45. The van der Waals surface area contributed by atoms with E-state index in [1.807, 2.05) is 0 Å². The van der Waals surface area contributed by atoms with E-state index in [2.05, 4.69) is 32.7 Å². The van der Waals surface area contributed by atoms with Gasteiger partial charge in [0.05, 0.1) is 0 Å². The summed E-state index contributed by atoms with van der Waals surface area (Å²) < 4.78 is 0. The standard InChI is InChI=1S/C12H25N/c1-10(2)11(3)9-12-5-7-13(4)8-6-12/h10-12H,5-9H2,1-4H3. The molecule has 0 aromatic carbocycles. The molecule has 0 aromatic rings. The predicted molar refractivity (Wildman–Crippen MR) is 58.8 cm³/mol. The summed E-state index contributed by atoms with van der Waals surface area (Å²) in [6.45, 7) is 9.73. The minimum Gasteiger partial charge on any atom is -0.306 e. The fourth-order valence-electron chi connectivity index (χ4n) is 2.10. The van der Waals surface area contributed by atoms with Crippen molar-refractivity contribution in [3.8, 4) is 0 Å². The highest BCUT2D eigenvalue weighted by Gasteiger charge is 2.19. The molecule has 0 aliphatic carbocycles. The van der Waals surface area contributed by atoms with E-state index in [-0.39, 0.29) is 0 Å². The molecule has 1 aliphatic heterocycles. The molecule has 1 saturated heterocycles. The lowest BCUT2D eigenvalue weighted by atomic mass is 9.83. The van der Waals surface area contributed by atoms with Gasteiger partial charge >= 0.3 is 0 Å². The Morgan fingerprint density at radius 1 is 1.15 bits per heavy atom. The Morgan fingerprint density at radius 2 is 1.69 bits per heavy atom. The molecule has 0 spiro atoms. The van der Waals surface area contributed by atoms with Gasteiger partial charge in [-0.05, 0) is 57.2 Å². The van der Waals surface area contributed by atoms with Crippen molar-refractivity contribution in [2.75, 3.05) is 20.1 Å². The Labute approximate surface area is 83.5 Å². The first-order valence-electron chi connectivity index (χ1n) is 5.78. The monoisotopic (exact) mass is 183 g/mol. The number of piperidine rings is 1. The van der Waals surface area contributed by atoms with Gasteiger partial charge in [0.1, 0.15) is 0 Å². The third kappa shape index (κ3) is 3.68. The van der Waals surface area contributed by atoms with Crippen molar-refractivity contribution in [3.63, 3.8) is 0 Å². The summed E-state index contributed by atoms with van der Waals surface area (Å²) in [6.07, 6.45) is 4.30. The molecule has 0 N–H and O–H groups in total. The largest absolute Gasteiger partial charge is 0.306 e. The Kier molecular flexibility index (Phi) is 4.24. The molecule has 1 aliphatic rings. The van der Waals surface area contributed by atoms with Crippen LogP contribution in [0.5, 0.6) is 0 Å². The van der Waals surface area contributed by atoms with Gasteiger partial charge in [0.2, 0.25) is 0 Å². The normalized spacial score (nSPS) is 23.8. The molecule has 0 saturated carbocycles. The molecule has 1 nitrogen and oxygen atoms in total. The van der Waals surface area contributed by atoms with Crippen LogP contribution in [0, 0.1) is 17.8 Å². The molecule has 0 amide bonds. The van der Waals surface area contributed by atoms with Crippen molar-refractivity contribution in [1.29, 1.82) is 0 Å². The summed E-state index contributed by atoms with van der Waals surface area (Å²) in [5.41, 5.74) is 0. The van der Waals surface area contributed by atoms with E-state index in [0.29, 0.717) is 0 Å². The average Bonchev–Trinajstić information content (AvgIpc) is 2.08. The molecule has 13 heavy (non-hydrogen) atoms. The SMILES string of the molecule is CC(C)C(C)CC1CCN(C)CC1. The molecule has 0 radical (unpaired) electrons. The third-order valence-corrected chi connectivity index (χ3v) is 3.68. The fourth-order valence-corrected chi connectivity index (χ4v) is 2.10. The zero-order chi connectivity index (χ0) is 9.84. The molecule has 1 heteroatoms. The van der Waals surface area contributed by atoms with Crippen LogP contribution in [0.3, 0.4) is 0 Å². The molecule has 1 fully saturated rings. The van der Waals surface area contributed by atoms with Crippen LogP contribution in [0.1, 0.15) is 40.0 Å². The smallest absolute Gasteiger partial charge is 0.00191 e. The number of hydrogen-bond donors (Lipinski definition) is 0. The molecular weight excluding hydrogens is 158 g/mol. The summed E-state index contributed by atoms with van der Waals surface area (Å²) in [7, 11) is 2.24. The lowest BCUT2D eigenvalue weighted by Crippen LogP contribution is -2.31. The molecule has 78 valence electrons. The Balaban J connectivity index is 2.22. The molecule has 0 bridgehead atoms. The second-order valence-corrected chi connectivity index (χ2v) is 5.20. The van der Waals surface area contributed by atoms with Gasteiger partial charge < -0.3 is 4.90 Å². The second-order valence-electron chi connectivity index (χ2n) is 5.20. The topological polar surface area (TPSA) is 3.24 Å². The lowest BCUT2D eigenvalue weighted by molar-refractivity contribution is 0.187.